The molecule has 4 saturated heterocycles. The van der Waals surface area contributed by atoms with Crippen molar-refractivity contribution >= 4 is 52.2 Å². The summed E-state index contributed by atoms with van der Waals surface area (Å²) in [5.41, 5.74) is 15.2. The van der Waals surface area contributed by atoms with Gasteiger partial charge in [-0.15, -0.1) is 21.5 Å². The van der Waals surface area contributed by atoms with Crippen LogP contribution in [0.25, 0.3) is 21.7 Å². The van der Waals surface area contributed by atoms with E-state index in [0.29, 0.717) is 60.8 Å². The van der Waals surface area contributed by atoms with Crippen molar-refractivity contribution in [3.63, 3.8) is 0 Å². The second-order valence-corrected chi connectivity index (χ2v) is 22.8. The molecule has 2 aromatic heterocycles. The van der Waals surface area contributed by atoms with E-state index in [1.54, 1.807) is 23.5 Å². The number of aliphatic hydroxyl groups is 1. The second-order valence-electron chi connectivity index (χ2n) is 21.9. The molecule has 6 heterocycles. The van der Waals surface area contributed by atoms with Crippen LogP contribution in [0.4, 0.5) is 17.2 Å². The van der Waals surface area contributed by atoms with Gasteiger partial charge in [0.25, 0.3) is 0 Å². The first-order valence-electron chi connectivity index (χ1n) is 26.5. The van der Waals surface area contributed by atoms with Crippen molar-refractivity contribution in [2.75, 3.05) is 48.3 Å². The Balaban J connectivity index is 0.687. The molecule has 4 aliphatic rings. The summed E-state index contributed by atoms with van der Waals surface area (Å²) in [5.74, 6) is 0.222. The summed E-state index contributed by atoms with van der Waals surface area (Å²) in [7, 11) is 0. The zero-order chi connectivity index (χ0) is 52.1. The lowest BCUT2D eigenvalue weighted by molar-refractivity contribution is -0.144. The molecule has 9 rings (SSSR count). The molecule has 3 aromatic carbocycles. The molecule has 0 saturated carbocycles. The summed E-state index contributed by atoms with van der Waals surface area (Å²) < 4.78 is 0. The minimum Gasteiger partial charge on any atom is -0.507 e. The van der Waals surface area contributed by atoms with Gasteiger partial charge in [0.15, 0.2) is 5.82 Å². The topological polar surface area (TPSA) is 210 Å². The molecule has 2 unspecified atom stereocenters. The number of rotatable bonds is 17. The molecule has 4 amide bonds. The molecule has 4 fully saturated rings. The molecule has 5 aromatic rings. The minimum atomic E-state index is -0.895. The molecule has 392 valence electrons. The number of carbonyl (C=O) groups excluding carboxylic acids is 4. The molecule has 16 nitrogen and oxygen atoms in total. The first kappa shape index (κ1) is 52.3. The standard InChI is InChI=1S/C57H72N10O6S/c1-36-52(74-35-60-36)40-19-17-38(18-20-40)31-59-55(72)48-29-44(68)34-66(48)56(73)53(57(2,3)4)61-50(70)15-6-5-7-16-51(71)64-25-23-37(24-26-64)27-39-11-10-12-41(28-39)67-42-21-22-43(67)33-65(32-42)47-30-46(62-63-54(47)58)45-13-8-9-14-49(45)69/h8-14,17-20,28,30,35,37,42-44,48,53,68-69H,5-7,15-16,21-27,29,31-34H2,1-4H3,(H2,58,63)(H,59,72)(H,61,70)/t42?,43?,44-,48-,53+/m0/s1. The van der Waals surface area contributed by atoms with E-state index in [9.17, 15) is 29.4 Å². The highest BCUT2D eigenvalue weighted by Gasteiger charge is 2.45. The third kappa shape index (κ3) is 12.2. The molecule has 0 aliphatic carbocycles. The maximum absolute atomic E-state index is 14.1. The number of carbonyl (C=O) groups is 4. The summed E-state index contributed by atoms with van der Waals surface area (Å²) in [4.78, 5) is 68.1. The van der Waals surface area contributed by atoms with E-state index in [4.69, 9.17) is 5.73 Å². The highest BCUT2D eigenvalue weighted by molar-refractivity contribution is 7.13. The third-order valence-corrected chi connectivity index (χ3v) is 16.5. The fourth-order valence-electron chi connectivity index (χ4n) is 11.5. The quantitative estimate of drug-likeness (QED) is 0.0583. The van der Waals surface area contributed by atoms with Gasteiger partial charge < -0.3 is 46.2 Å². The van der Waals surface area contributed by atoms with Gasteiger partial charge in [-0.3, -0.25) is 19.2 Å². The number of aliphatic hydroxyl groups excluding tert-OH is 1. The number of benzene rings is 3. The van der Waals surface area contributed by atoms with E-state index in [1.165, 1.54) is 16.2 Å². The Morgan fingerprint density at radius 2 is 1.58 bits per heavy atom. The largest absolute Gasteiger partial charge is 0.507 e. The number of anilines is 3. The zero-order valence-corrected chi connectivity index (χ0v) is 44.0. The normalized spacial score (nSPS) is 20.4. The summed E-state index contributed by atoms with van der Waals surface area (Å²) >= 11 is 1.58. The number of nitrogens with two attached hydrogens (primary N) is 1. The summed E-state index contributed by atoms with van der Waals surface area (Å²) in [6.07, 6.45) is 6.99. The maximum atomic E-state index is 14.1. The van der Waals surface area contributed by atoms with Gasteiger partial charge in [0, 0.05) is 81.9 Å². The average molecular weight is 1030 g/mol. The van der Waals surface area contributed by atoms with Crippen molar-refractivity contribution in [2.45, 2.75) is 135 Å². The lowest BCUT2D eigenvalue weighted by atomic mass is 9.85. The highest BCUT2D eigenvalue weighted by Crippen LogP contribution is 2.40. The van der Waals surface area contributed by atoms with Gasteiger partial charge in [0.05, 0.1) is 33.6 Å². The second kappa shape index (κ2) is 22.9. The van der Waals surface area contributed by atoms with Crippen molar-refractivity contribution in [3.05, 3.63) is 101 Å². The van der Waals surface area contributed by atoms with Gasteiger partial charge in [0.1, 0.15) is 17.8 Å². The number of nitrogen functional groups attached to an aromatic ring is 1. The van der Waals surface area contributed by atoms with Crippen LogP contribution in [0.5, 0.6) is 5.75 Å². The average Bonchev–Trinajstić information content (AvgIpc) is 4.08. The van der Waals surface area contributed by atoms with Gasteiger partial charge in [0.2, 0.25) is 23.6 Å². The molecule has 74 heavy (non-hydrogen) atoms. The SMILES string of the molecule is Cc1ncsc1-c1ccc(CNC(=O)[C@@H]2C[C@H](O)CN2C(=O)[C@@H](NC(=O)CCCCCC(=O)N2CCC(Cc3cccc(N4C5CCC4CN(c4cc(-c6ccccc6O)nnc4N)C5)c3)CC2)C(C)(C)C)cc1. The number of β-amino-alcohol motifs (C(OH)–C–C–N with tert-alkyl or cyclic N) is 1. The number of aromatic hydroxyl groups is 1. The van der Waals surface area contributed by atoms with E-state index in [-0.39, 0.29) is 55.3 Å². The number of nitrogens with one attached hydrogen (secondary N) is 2. The third-order valence-electron chi connectivity index (χ3n) is 15.5. The Bertz CT molecular complexity index is 2780. The molecular formula is C57H72N10O6S. The van der Waals surface area contributed by atoms with Crippen LogP contribution in [0, 0.1) is 18.3 Å². The Morgan fingerprint density at radius 1 is 0.851 bits per heavy atom. The Labute approximate surface area is 438 Å². The molecule has 17 heteroatoms. The zero-order valence-electron chi connectivity index (χ0n) is 43.2. The van der Waals surface area contributed by atoms with Crippen LogP contribution in [0.15, 0.2) is 84.4 Å². The number of likely N-dealkylation sites (tertiary alicyclic amines) is 2. The van der Waals surface area contributed by atoms with Crippen LogP contribution in [-0.4, -0.2) is 122 Å². The first-order valence-corrected chi connectivity index (χ1v) is 27.3. The molecule has 2 bridgehead atoms. The number of nitrogens with zero attached hydrogens (tertiary/aromatic N) is 7. The van der Waals surface area contributed by atoms with Crippen molar-refractivity contribution in [3.8, 4) is 27.4 Å². The number of phenols is 1. The van der Waals surface area contributed by atoms with Crippen LogP contribution in [0.2, 0.25) is 0 Å². The number of aromatic nitrogens is 3. The Kier molecular flexibility index (Phi) is 16.2. The Morgan fingerprint density at radius 3 is 2.28 bits per heavy atom. The number of aryl methyl sites for hydroxylation is 1. The van der Waals surface area contributed by atoms with E-state index < -0.39 is 23.6 Å². The fourth-order valence-corrected chi connectivity index (χ4v) is 12.3. The predicted molar refractivity (Wildman–Crippen MR) is 289 cm³/mol. The van der Waals surface area contributed by atoms with Gasteiger partial charge >= 0.3 is 0 Å². The van der Waals surface area contributed by atoms with Crippen LogP contribution in [-0.2, 0) is 32.1 Å². The van der Waals surface area contributed by atoms with Crippen molar-refractivity contribution in [1.82, 2.24) is 35.6 Å². The number of hydrogen-bond acceptors (Lipinski definition) is 13. The summed E-state index contributed by atoms with van der Waals surface area (Å²) in [6.45, 7) is 11.0. The summed E-state index contributed by atoms with van der Waals surface area (Å²) in [6, 6.07) is 24.9. The van der Waals surface area contributed by atoms with E-state index >= 15 is 0 Å². The smallest absolute Gasteiger partial charge is 0.246 e. The van der Waals surface area contributed by atoms with Crippen LogP contribution in [0.3, 0.4) is 0 Å². The lowest BCUT2D eigenvalue weighted by Crippen LogP contribution is -2.57. The van der Waals surface area contributed by atoms with Gasteiger partial charge in [-0.05, 0) is 110 Å². The number of piperazine rings is 1. The maximum Gasteiger partial charge on any atom is 0.246 e. The lowest BCUT2D eigenvalue weighted by Gasteiger charge is -2.43. The van der Waals surface area contributed by atoms with E-state index in [0.717, 1.165) is 85.7 Å². The van der Waals surface area contributed by atoms with Gasteiger partial charge in [-0.25, -0.2) is 4.98 Å². The van der Waals surface area contributed by atoms with E-state index in [1.807, 2.05) is 80.6 Å². The number of hydrogen-bond donors (Lipinski definition) is 5. The fraction of sp³-hybridized carbons (Fsp3) is 0.491. The molecule has 0 spiro atoms. The first-order chi connectivity index (χ1) is 35.6. The molecule has 5 atom stereocenters. The number of para-hydroxylation sites is 1. The number of thiazole rings is 1. The molecule has 0 radical (unpaired) electrons. The number of fused-ring (bicyclic) bond motifs is 2. The van der Waals surface area contributed by atoms with Crippen LogP contribution >= 0.6 is 11.3 Å². The monoisotopic (exact) mass is 1020 g/mol. The number of amides is 4. The predicted octanol–water partition coefficient (Wildman–Crippen LogP) is 7.26. The molecule has 4 aliphatic heterocycles. The van der Waals surface area contributed by atoms with Crippen molar-refractivity contribution in [1.29, 1.82) is 0 Å². The van der Waals surface area contributed by atoms with Crippen LogP contribution < -0.4 is 26.2 Å². The summed E-state index contributed by atoms with van der Waals surface area (Å²) in [5, 5.41) is 35.6. The number of piperidine rings is 1. The highest BCUT2D eigenvalue weighted by atomic mass is 32.1. The number of unbranched alkanes of at least 4 members (excludes halogenated alkanes) is 2. The van der Waals surface area contributed by atoms with Crippen LogP contribution in [0.1, 0.15) is 102 Å². The molecule has 6 N–H and O–H groups in total. The van der Waals surface area contributed by atoms with Gasteiger partial charge in [-0.1, -0.05) is 75.7 Å². The minimum absolute atomic E-state index is 0.0118. The van der Waals surface area contributed by atoms with E-state index in [2.05, 4.69) is 59.9 Å². The van der Waals surface area contributed by atoms with Crippen molar-refractivity contribution < 1.29 is 29.4 Å². The number of phenolic OH excluding ortho intramolecular Hbond substituents is 1. The van der Waals surface area contributed by atoms with Gasteiger partial charge in [-0.2, -0.15) is 0 Å². The molecular weight excluding hydrogens is 953 g/mol. The Hall–Kier alpha value is -6.59. The van der Waals surface area contributed by atoms with Crippen molar-refractivity contribution in [2.24, 2.45) is 11.3 Å².